The van der Waals surface area contributed by atoms with Crippen molar-refractivity contribution < 1.29 is 22.3 Å². The summed E-state index contributed by atoms with van der Waals surface area (Å²) in [4.78, 5) is 18.6. The Labute approximate surface area is 183 Å². The minimum absolute atomic E-state index is 0.0377. The van der Waals surface area contributed by atoms with Gasteiger partial charge in [0.15, 0.2) is 11.6 Å². The van der Waals surface area contributed by atoms with Crippen molar-refractivity contribution in [2.24, 2.45) is 10.9 Å². The lowest BCUT2D eigenvalue weighted by Crippen LogP contribution is -2.14. The second kappa shape index (κ2) is 9.58. The van der Waals surface area contributed by atoms with Crippen LogP contribution in [0.1, 0.15) is 11.1 Å². The fourth-order valence-electron chi connectivity index (χ4n) is 2.79. The number of carbonyl (C=O) groups excluding carboxylic acids is 1. The molecule has 1 heterocycles. The number of halogens is 1. The van der Waals surface area contributed by atoms with Gasteiger partial charge in [-0.25, -0.2) is 27.7 Å². The van der Waals surface area contributed by atoms with E-state index < -0.39 is 21.9 Å². The number of anilines is 4. The molecule has 6 N–H and O–H groups in total. The molecule has 0 bridgehead atoms. The van der Waals surface area contributed by atoms with Gasteiger partial charge in [0.05, 0.1) is 17.7 Å². The molecule has 168 valence electrons. The van der Waals surface area contributed by atoms with Crippen LogP contribution >= 0.6 is 0 Å². The van der Waals surface area contributed by atoms with Crippen LogP contribution in [0.2, 0.25) is 0 Å². The van der Waals surface area contributed by atoms with Crippen LogP contribution in [0.4, 0.5) is 32.3 Å². The van der Waals surface area contributed by atoms with E-state index in [-0.39, 0.29) is 23.3 Å². The van der Waals surface area contributed by atoms with Gasteiger partial charge in [0, 0.05) is 17.8 Å². The summed E-state index contributed by atoms with van der Waals surface area (Å²) in [7, 11) is -3.90. The van der Waals surface area contributed by atoms with Crippen molar-refractivity contribution in [3.05, 3.63) is 65.6 Å². The van der Waals surface area contributed by atoms with Gasteiger partial charge in [0.25, 0.3) is 0 Å². The third kappa shape index (κ3) is 6.12. The first-order chi connectivity index (χ1) is 15.1. The number of nitrogens with one attached hydrogen (secondary N) is 2. The summed E-state index contributed by atoms with van der Waals surface area (Å²) >= 11 is 0. The zero-order valence-electron chi connectivity index (χ0n) is 17.0. The molecule has 0 saturated heterocycles. The first-order valence-electron chi connectivity index (χ1n) is 9.33. The van der Waals surface area contributed by atoms with E-state index in [1.807, 2.05) is 0 Å². The van der Waals surface area contributed by atoms with E-state index in [9.17, 15) is 17.6 Å². The van der Waals surface area contributed by atoms with E-state index in [1.54, 1.807) is 43.3 Å². The third-order valence-corrected chi connectivity index (χ3v) is 5.40. The maximum absolute atomic E-state index is 14.2. The van der Waals surface area contributed by atoms with Crippen LogP contribution in [0, 0.1) is 12.7 Å². The Hall–Kier alpha value is -3.77. The monoisotopic (exact) mass is 460 g/mol. The Bertz CT molecular complexity index is 1240. The summed E-state index contributed by atoms with van der Waals surface area (Å²) in [5.41, 5.74) is 7.25. The van der Waals surface area contributed by atoms with Crippen molar-refractivity contribution in [1.29, 1.82) is 0 Å². The molecule has 32 heavy (non-hydrogen) atoms. The van der Waals surface area contributed by atoms with Crippen molar-refractivity contribution in [2.75, 3.05) is 17.2 Å². The van der Waals surface area contributed by atoms with Crippen molar-refractivity contribution in [3.8, 4) is 0 Å². The first-order valence-corrected chi connectivity index (χ1v) is 10.9. The lowest BCUT2D eigenvalue weighted by Gasteiger charge is -2.11. The number of primary sulfonamides is 1. The molecule has 0 atom stereocenters. The normalized spacial score (nSPS) is 11.1. The molecule has 0 spiro atoms. The van der Waals surface area contributed by atoms with Crippen LogP contribution in [0.15, 0.2) is 53.6 Å². The van der Waals surface area contributed by atoms with E-state index in [0.29, 0.717) is 23.4 Å². The van der Waals surface area contributed by atoms with Gasteiger partial charge in [-0.3, -0.25) is 0 Å². The molecule has 3 aromatic rings. The Morgan fingerprint density at radius 1 is 1.12 bits per heavy atom. The summed E-state index contributed by atoms with van der Waals surface area (Å²) < 4.78 is 42.3. The number of hydrogen-bond acceptors (Lipinski definition) is 8. The van der Waals surface area contributed by atoms with Crippen molar-refractivity contribution in [2.45, 2.75) is 18.2 Å². The Morgan fingerprint density at radius 3 is 2.47 bits per heavy atom. The molecule has 1 aromatic heterocycles. The molecule has 12 heteroatoms. The van der Waals surface area contributed by atoms with Crippen molar-refractivity contribution in [3.63, 3.8) is 0 Å². The van der Waals surface area contributed by atoms with Gasteiger partial charge in [0.2, 0.25) is 16.0 Å². The topological polar surface area (TPSA) is 162 Å². The number of carbonyl (C=O) groups is 1. The second-order valence-corrected chi connectivity index (χ2v) is 8.31. The zero-order valence-corrected chi connectivity index (χ0v) is 17.8. The van der Waals surface area contributed by atoms with Crippen molar-refractivity contribution in [1.82, 2.24) is 9.97 Å². The highest BCUT2D eigenvalue weighted by molar-refractivity contribution is 7.89. The number of primary amides is 1. The fourth-order valence-corrected chi connectivity index (χ4v) is 3.60. The van der Waals surface area contributed by atoms with E-state index in [0.717, 1.165) is 11.8 Å². The van der Waals surface area contributed by atoms with Gasteiger partial charge in [-0.05, 0) is 42.3 Å². The van der Waals surface area contributed by atoms with E-state index in [1.165, 1.54) is 6.07 Å². The van der Waals surface area contributed by atoms with Crippen LogP contribution in [-0.4, -0.2) is 31.1 Å². The molecule has 10 nitrogen and oxygen atoms in total. The number of ether oxygens (including phenoxy) is 1. The first kappa shape index (κ1) is 22.9. The number of sulfonamides is 1. The predicted molar refractivity (Wildman–Crippen MR) is 117 cm³/mol. The molecular weight excluding hydrogens is 439 g/mol. The smallest absolute Gasteiger partial charge is 0.404 e. The number of nitrogens with two attached hydrogens (primary N) is 2. The number of hydrogen-bond donors (Lipinski definition) is 4. The summed E-state index contributed by atoms with van der Waals surface area (Å²) in [6.45, 7) is 1.78. The van der Waals surface area contributed by atoms with Gasteiger partial charge >= 0.3 is 6.09 Å². The lowest BCUT2D eigenvalue weighted by molar-refractivity contribution is 0.158. The molecule has 0 aliphatic carbocycles. The Balaban J connectivity index is 1.73. The number of aromatic nitrogens is 2. The number of nitrogens with zero attached hydrogens (tertiary/aromatic N) is 2. The fraction of sp³-hybridized carbons (Fsp3) is 0.150. The summed E-state index contributed by atoms with van der Waals surface area (Å²) in [5.74, 6) is -0.701. The molecule has 0 aliphatic rings. The molecule has 3 rings (SSSR count). The minimum atomic E-state index is -3.90. The summed E-state index contributed by atoms with van der Waals surface area (Å²) in [6.07, 6.45) is 0.636. The Morgan fingerprint density at radius 2 is 1.81 bits per heavy atom. The van der Waals surface area contributed by atoms with E-state index >= 15 is 0 Å². The Kier molecular flexibility index (Phi) is 6.85. The van der Waals surface area contributed by atoms with Crippen LogP contribution in [0.25, 0.3) is 0 Å². The standard InChI is InChI=1S/C20H21FN6O4S/c1-12-2-5-15(10-17(12)32(23,29)30)26-20-24-11-16(21)18(27-20)25-14-6-3-13(4-7-14)8-9-31-19(22)28/h2-7,10-11H,8-9H2,1H3,(H2,22,28)(H2,23,29,30)(H2,24,25,26,27). The second-order valence-electron chi connectivity index (χ2n) is 6.78. The lowest BCUT2D eigenvalue weighted by atomic mass is 10.1. The highest BCUT2D eigenvalue weighted by Gasteiger charge is 2.13. The maximum atomic E-state index is 14.2. The van der Waals surface area contributed by atoms with Crippen molar-refractivity contribution >= 4 is 39.3 Å². The highest BCUT2D eigenvalue weighted by Crippen LogP contribution is 2.23. The molecule has 0 radical (unpaired) electrons. The SMILES string of the molecule is Cc1ccc(Nc2ncc(F)c(Nc3ccc(CCOC(N)=O)cc3)n2)cc1S(N)(=O)=O. The number of benzene rings is 2. The predicted octanol–water partition coefficient (Wildman–Crippen LogP) is 2.70. The van der Waals surface area contributed by atoms with Gasteiger partial charge in [-0.1, -0.05) is 18.2 Å². The highest BCUT2D eigenvalue weighted by atomic mass is 32.2. The van der Waals surface area contributed by atoms with Gasteiger partial charge < -0.3 is 21.1 Å². The van der Waals surface area contributed by atoms with Crippen LogP contribution in [0.5, 0.6) is 0 Å². The molecule has 0 fully saturated rings. The molecule has 1 amide bonds. The van der Waals surface area contributed by atoms with Crippen LogP contribution < -0.4 is 21.5 Å². The molecule has 2 aromatic carbocycles. The van der Waals surface area contributed by atoms with Crippen LogP contribution in [-0.2, 0) is 21.2 Å². The minimum Gasteiger partial charge on any atom is -0.449 e. The average Bonchev–Trinajstić information content (AvgIpc) is 2.72. The molecule has 0 unspecified atom stereocenters. The van der Waals surface area contributed by atoms with Gasteiger partial charge in [-0.15, -0.1) is 0 Å². The maximum Gasteiger partial charge on any atom is 0.404 e. The largest absolute Gasteiger partial charge is 0.449 e. The van der Waals surface area contributed by atoms with Gasteiger partial charge in [0.1, 0.15) is 0 Å². The third-order valence-electron chi connectivity index (χ3n) is 4.35. The molecular formula is C20H21FN6O4S. The van der Waals surface area contributed by atoms with E-state index in [4.69, 9.17) is 15.6 Å². The molecule has 0 aliphatic heterocycles. The quantitative estimate of drug-likeness (QED) is 0.399. The number of aryl methyl sites for hydroxylation is 1. The summed E-state index contributed by atoms with van der Waals surface area (Å²) in [5, 5.41) is 10.9. The van der Waals surface area contributed by atoms with E-state index in [2.05, 4.69) is 20.6 Å². The molecule has 0 saturated carbocycles. The summed E-state index contributed by atoms with van der Waals surface area (Å²) in [6, 6.07) is 11.6. The number of rotatable bonds is 8. The number of amides is 1. The zero-order chi connectivity index (χ0) is 23.3. The van der Waals surface area contributed by atoms with Gasteiger partial charge in [-0.2, -0.15) is 4.98 Å². The average molecular weight is 460 g/mol. The van der Waals surface area contributed by atoms with Crippen LogP contribution in [0.3, 0.4) is 0 Å².